The quantitative estimate of drug-likeness (QED) is 0.253. The van der Waals surface area contributed by atoms with Crippen LogP contribution in [0.5, 0.6) is 0 Å². The molecule has 2 aromatic rings. The maximum atomic E-state index is 14.7. The first kappa shape index (κ1) is 26.9. The van der Waals surface area contributed by atoms with Gasteiger partial charge in [0.25, 0.3) is 0 Å². The molecule has 0 aromatic heterocycles. The van der Waals surface area contributed by atoms with E-state index < -0.39 is 45.0 Å². The Labute approximate surface area is 241 Å². The van der Waals surface area contributed by atoms with E-state index in [4.69, 9.17) is 32.9 Å². The van der Waals surface area contributed by atoms with Gasteiger partial charge in [0.1, 0.15) is 0 Å². The topological polar surface area (TPSA) is 125 Å². The second-order valence-electron chi connectivity index (χ2n) is 9.50. The van der Waals surface area contributed by atoms with Gasteiger partial charge < -0.3 is 0 Å². The van der Waals surface area contributed by atoms with E-state index in [0.29, 0.717) is 34.4 Å². The fourth-order valence-electron chi connectivity index (χ4n) is 5.96. The maximum absolute atomic E-state index is 14.7. The van der Waals surface area contributed by atoms with E-state index in [9.17, 15) is 14.4 Å². The van der Waals surface area contributed by atoms with Gasteiger partial charge in [-0.3, -0.25) is 0 Å². The standard InChI is InChI=1S/C26H26Cl2IN6O3/c1-3-14(2)24-26(18-8-7-17(28)10-20(18)35(29-31)25(26)38)19(15-5-4-6-16(27)9-15)11-22-32-34(12-21(30)36)23(37)13-33(22)24/h4-10,19,24H,2-3,11-13,31H2,1H3,(H2,30,36)/q-1/t19-,24+,26-/m0/s1. The fraction of sp³-hybridized carbons (Fsp3) is 0.308. The Bertz CT molecular complexity index is 1400. The average molecular weight is 668 g/mol. The molecule has 0 saturated carbocycles. The summed E-state index contributed by atoms with van der Waals surface area (Å²) < 4.78 is 7.90. The minimum absolute atomic E-state index is 0.0757. The average Bonchev–Trinajstić information content (AvgIpc) is 3.10. The summed E-state index contributed by atoms with van der Waals surface area (Å²) in [5.74, 6) is -1.06. The van der Waals surface area contributed by atoms with Crippen molar-refractivity contribution in [2.45, 2.75) is 37.1 Å². The Balaban J connectivity index is 1.82. The molecule has 0 bridgehead atoms. The third-order valence-electron chi connectivity index (χ3n) is 7.48. The zero-order valence-electron chi connectivity index (χ0n) is 20.5. The van der Waals surface area contributed by atoms with E-state index in [-0.39, 0.29) is 24.9 Å². The molecule has 200 valence electrons. The molecule has 38 heavy (non-hydrogen) atoms. The molecule has 3 amide bonds. The number of hydrazone groups is 1. The summed E-state index contributed by atoms with van der Waals surface area (Å²) in [6, 6.07) is 12.2. The summed E-state index contributed by atoms with van der Waals surface area (Å²) in [4.78, 5) is 41.3. The van der Waals surface area contributed by atoms with Crippen molar-refractivity contribution in [3.05, 3.63) is 75.8 Å². The number of amidine groups is 1. The van der Waals surface area contributed by atoms with Crippen LogP contribution >= 0.6 is 23.2 Å². The van der Waals surface area contributed by atoms with Crippen molar-refractivity contribution in [1.82, 2.24) is 9.91 Å². The molecule has 2 aromatic carbocycles. The van der Waals surface area contributed by atoms with Crippen LogP contribution in [0, 0.1) is 0 Å². The fourth-order valence-corrected chi connectivity index (χ4v) is 7.68. The van der Waals surface area contributed by atoms with Crippen LogP contribution in [-0.4, -0.2) is 52.6 Å². The molecule has 0 unspecified atom stereocenters. The van der Waals surface area contributed by atoms with Crippen molar-refractivity contribution in [2.24, 2.45) is 14.8 Å². The van der Waals surface area contributed by atoms with Crippen LogP contribution in [0.1, 0.15) is 36.8 Å². The number of fused-ring (bicyclic) bond motifs is 3. The predicted molar refractivity (Wildman–Crippen MR) is 142 cm³/mol. The van der Waals surface area contributed by atoms with E-state index in [0.717, 1.165) is 21.7 Å². The predicted octanol–water partition coefficient (Wildman–Crippen LogP) is -0.0792. The third-order valence-corrected chi connectivity index (χ3v) is 9.47. The number of piperidine rings is 1. The number of primary amides is 1. The Kier molecular flexibility index (Phi) is 7.18. The Morgan fingerprint density at radius 2 is 1.95 bits per heavy atom. The van der Waals surface area contributed by atoms with Crippen LogP contribution in [0.25, 0.3) is 0 Å². The summed E-state index contributed by atoms with van der Waals surface area (Å²) in [6.45, 7) is 5.95. The van der Waals surface area contributed by atoms with E-state index in [1.807, 2.05) is 36.1 Å². The van der Waals surface area contributed by atoms with Crippen molar-refractivity contribution in [3.8, 4) is 0 Å². The Hall–Kier alpha value is -2.67. The molecule has 1 fully saturated rings. The number of amides is 3. The molecule has 0 aliphatic carbocycles. The van der Waals surface area contributed by atoms with Crippen molar-refractivity contribution in [2.75, 3.05) is 16.2 Å². The first-order chi connectivity index (χ1) is 18.1. The van der Waals surface area contributed by atoms with Crippen molar-refractivity contribution in [1.29, 1.82) is 0 Å². The van der Waals surface area contributed by atoms with Gasteiger partial charge in [-0.2, -0.15) is 0 Å². The zero-order valence-corrected chi connectivity index (χ0v) is 24.2. The van der Waals surface area contributed by atoms with Crippen LogP contribution in [0.2, 0.25) is 10.0 Å². The summed E-state index contributed by atoms with van der Waals surface area (Å²) >= 11 is 11.7. The molecule has 3 aliphatic heterocycles. The first-order valence-electron chi connectivity index (χ1n) is 12.0. The first-order valence-corrected chi connectivity index (χ1v) is 14.9. The van der Waals surface area contributed by atoms with Gasteiger partial charge in [0, 0.05) is 0 Å². The van der Waals surface area contributed by atoms with Crippen molar-refractivity contribution >= 4 is 52.4 Å². The Morgan fingerprint density at radius 3 is 2.61 bits per heavy atom. The molecule has 0 radical (unpaired) electrons. The summed E-state index contributed by atoms with van der Waals surface area (Å²) in [5.41, 5.74) is 7.29. The number of hydrogen-bond donors (Lipinski definition) is 2. The van der Waals surface area contributed by atoms with Crippen LogP contribution in [0.4, 0.5) is 5.69 Å². The molecule has 4 N–H and O–H groups in total. The molecule has 12 heteroatoms. The van der Waals surface area contributed by atoms with Gasteiger partial charge in [-0.1, -0.05) is 0 Å². The molecule has 3 heterocycles. The second kappa shape index (κ2) is 10.1. The normalized spacial score (nSPS) is 24.5. The number of carbonyl (C=O) groups is 3. The van der Waals surface area contributed by atoms with Crippen LogP contribution in [0.15, 0.2) is 59.7 Å². The number of rotatable bonds is 6. The number of benzene rings is 2. The zero-order chi connectivity index (χ0) is 27.4. The number of nitrogens with two attached hydrogens (primary N) is 2. The Morgan fingerprint density at radius 1 is 1.21 bits per heavy atom. The molecular formula is C26H26Cl2IN6O3-. The van der Waals surface area contributed by atoms with E-state index in [2.05, 4.69) is 11.7 Å². The van der Waals surface area contributed by atoms with Crippen LogP contribution in [-0.2, 0) is 19.8 Å². The number of halogens is 3. The number of nitrogens with zero attached hydrogens (tertiary/aromatic N) is 4. The molecular weight excluding hydrogens is 642 g/mol. The van der Waals surface area contributed by atoms with Gasteiger partial charge >= 0.3 is 242 Å². The summed E-state index contributed by atoms with van der Waals surface area (Å²) in [6.07, 6.45) is 0.868. The van der Waals surface area contributed by atoms with Crippen LogP contribution < -0.4 is 34.5 Å². The molecule has 3 aliphatic rings. The third kappa shape index (κ3) is 4.09. The second-order valence-corrected chi connectivity index (χ2v) is 11.9. The number of anilines is 1. The van der Waals surface area contributed by atoms with Gasteiger partial charge in [-0.25, -0.2) is 0 Å². The minimum atomic E-state index is -1.18. The van der Waals surface area contributed by atoms with Crippen molar-refractivity contribution in [3.63, 3.8) is 0 Å². The molecule has 3 atom stereocenters. The summed E-state index contributed by atoms with van der Waals surface area (Å²) in [7, 11) is 0. The monoisotopic (exact) mass is 667 g/mol. The summed E-state index contributed by atoms with van der Waals surface area (Å²) in [5, 5.41) is 6.70. The number of hydrogen-bond acceptors (Lipinski definition) is 6. The molecule has 9 nitrogen and oxygen atoms in total. The van der Waals surface area contributed by atoms with Gasteiger partial charge in [0.05, 0.1) is 0 Å². The molecule has 1 saturated heterocycles. The molecule has 5 rings (SSSR count). The molecule has 1 spiro atoms. The van der Waals surface area contributed by atoms with Gasteiger partial charge in [-0.05, 0) is 0 Å². The van der Waals surface area contributed by atoms with E-state index in [1.54, 1.807) is 21.3 Å². The van der Waals surface area contributed by atoms with Gasteiger partial charge in [0.2, 0.25) is 0 Å². The van der Waals surface area contributed by atoms with Gasteiger partial charge in [0.15, 0.2) is 0 Å². The van der Waals surface area contributed by atoms with Crippen LogP contribution in [0.3, 0.4) is 0 Å². The van der Waals surface area contributed by atoms with Gasteiger partial charge in [-0.15, -0.1) is 0 Å². The SMILES string of the molecule is C=C(CC)[C@H]1N2CC(=O)N(CC(N)=O)N=C2C[C@@H](c2cccc(Cl)c2)[C@]12C(=O)N([I-]N)c1cc(Cl)ccc12. The van der Waals surface area contributed by atoms with E-state index >= 15 is 0 Å². The van der Waals surface area contributed by atoms with Crippen molar-refractivity contribution < 1.29 is 36.1 Å². The number of carbonyl (C=O) groups excluding carboxylic acids is 3. The van der Waals surface area contributed by atoms with E-state index in [1.165, 1.54) is 0 Å².